The van der Waals surface area contributed by atoms with Crippen molar-refractivity contribution < 1.29 is 0 Å². The van der Waals surface area contributed by atoms with E-state index in [-0.39, 0.29) is 0 Å². The summed E-state index contributed by atoms with van der Waals surface area (Å²) in [6.07, 6.45) is 2.37. The molecule has 2 heteroatoms. The summed E-state index contributed by atoms with van der Waals surface area (Å²) in [7, 11) is 0. The second-order valence-corrected chi connectivity index (χ2v) is 4.25. The maximum absolute atomic E-state index is 3.57. The Hall–Kier alpha value is -0.860. The predicted molar refractivity (Wildman–Crippen MR) is 63.9 cm³/mol. The first-order valence-electron chi connectivity index (χ1n) is 5.91. The minimum atomic E-state index is 0.603. The van der Waals surface area contributed by atoms with Gasteiger partial charge in [0.05, 0.1) is 0 Å². The molecule has 2 N–H and O–H groups in total. The Morgan fingerprint density at radius 2 is 2.13 bits per heavy atom. The van der Waals surface area contributed by atoms with Crippen LogP contribution in [-0.4, -0.2) is 19.1 Å². The Labute approximate surface area is 92.1 Å². The van der Waals surface area contributed by atoms with Crippen molar-refractivity contribution >= 4 is 0 Å². The highest BCUT2D eigenvalue weighted by molar-refractivity contribution is 5.29. The summed E-state index contributed by atoms with van der Waals surface area (Å²) in [4.78, 5) is 0. The van der Waals surface area contributed by atoms with Crippen molar-refractivity contribution in [2.24, 2.45) is 0 Å². The van der Waals surface area contributed by atoms with Gasteiger partial charge in [0.1, 0.15) is 0 Å². The number of hydrogen-bond acceptors (Lipinski definition) is 2. The lowest BCUT2D eigenvalue weighted by molar-refractivity contribution is 0.448. The fourth-order valence-corrected chi connectivity index (χ4v) is 2.12. The maximum Gasteiger partial charge on any atom is 0.0236 e. The first-order chi connectivity index (χ1) is 7.40. The second-order valence-electron chi connectivity index (χ2n) is 4.25. The van der Waals surface area contributed by atoms with E-state index in [0.717, 1.165) is 26.1 Å². The maximum atomic E-state index is 3.57. The van der Waals surface area contributed by atoms with Crippen molar-refractivity contribution in [1.82, 2.24) is 10.6 Å². The summed E-state index contributed by atoms with van der Waals surface area (Å²) in [5.74, 6) is 0. The van der Waals surface area contributed by atoms with Crippen LogP contribution in [0.15, 0.2) is 24.3 Å². The molecule has 1 aromatic rings. The Morgan fingerprint density at radius 3 is 2.93 bits per heavy atom. The molecular formula is C13H20N2. The third-order valence-electron chi connectivity index (χ3n) is 2.98. The van der Waals surface area contributed by atoms with E-state index >= 15 is 0 Å². The van der Waals surface area contributed by atoms with E-state index in [4.69, 9.17) is 0 Å². The molecule has 0 saturated carbocycles. The summed E-state index contributed by atoms with van der Waals surface area (Å²) >= 11 is 0. The van der Waals surface area contributed by atoms with Gasteiger partial charge in [0, 0.05) is 19.1 Å². The van der Waals surface area contributed by atoms with Gasteiger partial charge in [0.15, 0.2) is 0 Å². The van der Waals surface area contributed by atoms with Crippen LogP contribution in [0.2, 0.25) is 0 Å². The van der Waals surface area contributed by atoms with Gasteiger partial charge in [0.25, 0.3) is 0 Å². The van der Waals surface area contributed by atoms with E-state index in [0.29, 0.717) is 6.04 Å². The Bertz CT molecular complexity index is 309. The summed E-state index contributed by atoms with van der Waals surface area (Å²) in [5.41, 5.74) is 2.98. The summed E-state index contributed by atoms with van der Waals surface area (Å²) in [6, 6.07) is 9.34. The molecule has 15 heavy (non-hydrogen) atoms. The zero-order valence-corrected chi connectivity index (χ0v) is 9.42. The molecule has 0 saturated heterocycles. The molecule has 1 heterocycles. The van der Waals surface area contributed by atoms with Gasteiger partial charge in [-0.25, -0.2) is 0 Å². The fraction of sp³-hybridized carbons (Fsp3) is 0.538. The van der Waals surface area contributed by atoms with E-state index in [2.05, 4.69) is 41.8 Å². The van der Waals surface area contributed by atoms with Crippen LogP contribution in [0.4, 0.5) is 0 Å². The highest BCUT2D eigenvalue weighted by Gasteiger charge is 2.16. The van der Waals surface area contributed by atoms with Crippen LogP contribution in [0.25, 0.3) is 0 Å². The first-order valence-corrected chi connectivity index (χ1v) is 5.91. The lowest BCUT2D eigenvalue weighted by Gasteiger charge is -2.26. The van der Waals surface area contributed by atoms with Gasteiger partial charge in [-0.1, -0.05) is 31.2 Å². The standard InChI is InChI=1S/C13H20N2/c1-2-7-14-10-13-8-11-5-3-4-6-12(11)9-15-13/h3-6,13-15H,2,7-10H2,1H3. The van der Waals surface area contributed by atoms with Crippen LogP contribution in [0, 0.1) is 0 Å². The zero-order chi connectivity index (χ0) is 10.5. The van der Waals surface area contributed by atoms with Crippen LogP contribution in [0.1, 0.15) is 24.5 Å². The molecule has 1 unspecified atom stereocenters. The topological polar surface area (TPSA) is 24.1 Å². The average molecular weight is 204 g/mol. The van der Waals surface area contributed by atoms with E-state index in [1.807, 2.05) is 0 Å². The molecule has 0 bridgehead atoms. The van der Waals surface area contributed by atoms with Crippen LogP contribution < -0.4 is 10.6 Å². The molecule has 0 aromatic heterocycles. The Balaban J connectivity index is 1.88. The molecule has 0 spiro atoms. The van der Waals surface area contributed by atoms with Crippen molar-refractivity contribution in [1.29, 1.82) is 0 Å². The van der Waals surface area contributed by atoms with E-state index < -0.39 is 0 Å². The van der Waals surface area contributed by atoms with Crippen molar-refractivity contribution in [3.8, 4) is 0 Å². The molecule has 1 atom stereocenters. The van der Waals surface area contributed by atoms with Crippen molar-refractivity contribution in [2.75, 3.05) is 13.1 Å². The minimum absolute atomic E-state index is 0.603. The SMILES string of the molecule is CCCNCC1Cc2ccccc2CN1. The highest BCUT2D eigenvalue weighted by atomic mass is 15.0. The molecule has 82 valence electrons. The van der Waals surface area contributed by atoms with E-state index in [1.165, 1.54) is 17.5 Å². The van der Waals surface area contributed by atoms with Gasteiger partial charge in [-0.2, -0.15) is 0 Å². The van der Waals surface area contributed by atoms with Crippen molar-refractivity contribution in [2.45, 2.75) is 32.4 Å². The highest BCUT2D eigenvalue weighted by Crippen LogP contribution is 2.15. The molecule has 2 nitrogen and oxygen atoms in total. The largest absolute Gasteiger partial charge is 0.315 e. The third-order valence-corrected chi connectivity index (χ3v) is 2.98. The average Bonchev–Trinajstić information content (AvgIpc) is 2.29. The predicted octanol–water partition coefficient (Wildman–Crippen LogP) is 1.70. The zero-order valence-electron chi connectivity index (χ0n) is 9.42. The van der Waals surface area contributed by atoms with Gasteiger partial charge in [0.2, 0.25) is 0 Å². The minimum Gasteiger partial charge on any atom is -0.315 e. The van der Waals surface area contributed by atoms with Gasteiger partial charge < -0.3 is 10.6 Å². The Kier molecular flexibility index (Phi) is 3.75. The van der Waals surface area contributed by atoms with Crippen molar-refractivity contribution in [3.63, 3.8) is 0 Å². The van der Waals surface area contributed by atoms with Gasteiger partial charge >= 0.3 is 0 Å². The van der Waals surface area contributed by atoms with Gasteiger partial charge in [-0.3, -0.25) is 0 Å². The van der Waals surface area contributed by atoms with E-state index in [1.54, 1.807) is 0 Å². The fourth-order valence-electron chi connectivity index (χ4n) is 2.12. The molecule has 1 aromatic carbocycles. The molecule has 0 aliphatic carbocycles. The quantitative estimate of drug-likeness (QED) is 0.729. The molecular weight excluding hydrogens is 184 g/mol. The van der Waals surface area contributed by atoms with Crippen LogP contribution in [0.3, 0.4) is 0 Å². The molecule has 0 radical (unpaired) electrons. The van der Waals surface area contributed by atoms with Crippen LogP contribution >= 0.6 is 0 Å². The van der Waals surface area contributed by atoms with Crippen molar-refractivity contribution in [3.05, 3.63) is 35.4 Å². The number of hydrogen-bond donors (Lipinski definition) is 2. The molecule has 2 rings (SSSR count). The molecule has 0 fully saturated rings. The van der Waals surface area contributed by atoms with E-state index in [9.17, 15) is 0 Å². The van der Waals surface area contributed by atoms with Gasteiger partial charge in [-0.15, -0.1) is 0 Å². The lowest BCUT2D eigenvalue weighted by Crippen LogP contribution is -2.43. The monoisotopic (exact) mass is 204 g/mol. The molecule has 1 aliphatic heterocycles. The normalized spacial score (nSPS) is 19.9. The number of benzene rings is 1. The third kappa shape index (κ3) is 2.80. The van der Waals surface area contributed by atoms with Crippen LogP contribution in [0.5, 0.6) is 0 Å². The second kappa shape index (κ2) is 5.29. The Morgan fingerprint density at radius 1 is 1.33 bits per heavy atom. The summed E-state index contributed by atoms with van der Waals surface area (Å²) in [5, 5.41) is 7.04. The number of fused-ring (bicyclic) bond motifs is 1. The van der Waals surface area contributed by atoms with Gasteiger partial charge in [-0.05, 0) is 30.5 Å². The smallest absolute Gasteiger partial charge is 0.0236 e. The number of nitrogens with one attached hydrogen (secondary N) is 2. The molecule has 1 aliphatic rings. The molecule has 0 amide bonds. The summed E-state index contributed by atoms with van der Waals surface area (Å²) < 4.78 is 0. The lowest BCUT2D eigenvalue weighted by atomic mass is 9.96. The summed E-state index contributed by atoms with van der Waals surface area (Å²) in [6.45, 7) is 5.44. The van der Waals surface area contributed by atoms with Crippen LogP contribution in [-0.2, 0) is 13.0 Å². The number of rotatable bonds is 4. The first kappa shape index (κ1) is 10.7.